The molecule has 0 saturated carbocycles. The number of Topliss-reactive ketones (excluding diaryl/α,β-unsaturated/α-hetero) is 1. The fourth-order valence-corrected chi connectivity index (χ4v) is 2.08. The molecular formula is C11H19NO. The number of nitrogens with one attached hydrogen (secondary N) is 1. The van der Waals surface area contributed by atoms with Crippen molar-refractivity contribution >= 4 is 5.78 Å². The van der Waals surface area contributed by atoms with E-state index in [4.69, 9.17) is 0 Å². The van der Waals surface area contributed by atoms with Gasteiger partial charge in [-0.2, -0.15) is 0 Å². The van der Waals surface area contributed by atoms with Crippen molar-refractivity contribution in [2.45, 2.75) is 33.1 Å². The molecule has 1 aliphatic heterocycles. The van der Waals surface area contributed by atoms with E-state index >= 15 is 0 Å². The van der Waals surface area contributed by atoms with Gasteiger partial charge in [0.15, 0.2) is 5.78 Å². The fourth-order valence-electron chi connectivity index (χ4n) is 2.08. The Morgan fingerprint density at radius 1 is 1.62 bits per heavy atom. The van der Waals surface area contributed by atoms with Gasteiger partial charge in [0.05, 0.1) is 0 Å². The molecule has 1 heterocycles. The first-order valence-corrected chi connectivity index (χ1v) is 5.03. The summed E-state index contributed by atoms with van der Waals surface area (Å²) < 4.78 is 0. The molecule has 1 rings (SSSR count). The van der Waals surface area contributed by atoms with Crippen LogP contribution in [0.3, 0.4) is 0 Å². The minimum absolute atomic E-state index is 0.149. The molecule has 74 valence electrons. The summed E-state index contributed by atoms with van der Waals surface area (Å²) in [6.45, 7) is 9.53. The van der Waals surface area contributed by atoms with Crippen molar-refractivity contribution in [2.24, 2.45) is 5.41 Å². The van der Waals surface area contributed by atoms with E-state index in [1.54, 1.807) is 0 Å². The van der Waals surface area contributed by atoms with Crippen LogP contribution in [0.5, 0.6) is 0 Å². The molecule has 2 heteroatoms. The van der Waals surface area contributed by atoms with Gasteiger partial charge < -0.3 is 5.32 Å². The maximum Gasteiger partial charge on any atom is 0.165 e. The normalized spacial score (nSPS) is 28.5. The summed E-state index contributed by atoms with van der Waals surface area (Å²) >= 11 is 0. The van der Waals surface area contributed by atoms with E-state index in [1.165, 1.54) is 0 Å². The molecule has 1 N–H and O–H groups in total. The van der Waals surface area contributed by atoms with Gasteiger partial charge in [-0.25, -0.2) is 0 Å². The highest BCUT2D eigenvalue weighted by atomic mass is 16.1. The number of hydrogen-bond donors (Lipinski definition) is 1. The summed E-state index contributed by atoms with van der Waals surface area (Å²) in [5.41, 5.74) is 0.551. The highest BCUT2D eigenvalue weighted by Gasteiger charge is 2.37. The highest BCUT2D eigenvalue weighted by Crippen LogP contribution is 2.32. The van der Waals surface area contributed by atoms with Gasteiger partial charge in [0.2, 0.25) is 0 Å². The molecule has 1 atom stereocenters. The zero-order chi connectivity index (χ0) is 9.90. The van der Waals surface area contributed by atoms with Gasteiger partial charge in [0.1, 0.15) is 0 Å². The summed E-state index contributed by atoms with van der Waals surface area (Å²) in [6.07, 6.45) is 3.04. The first-order chi connectivity index (χ1) is 6.12. The Balaban J connectivity index is 2.78. The molecule has 0 bridgehead atoms. The second-order valence-corrected chi connectivity index (χ2v) is 4.02. The smallest absolute Gasteiger partial charge is 0.165 e. The van der Waals surface area contributed by atoms with Crippen LogP contribution in [0.4, 0.5) is 0 Å². The number of piperidine rings is 1. The van der Waals surface area contributed by atoms with Gasteiger partial charge in [0, 0.05) is 12.0 Å². The highest BCUT2D eigenvalue weighted by molar-refractivity contribution is 5.99. The van der Waals surface area contributed by atoms with Crippen molar-refractivity contribution in [1.82, 2.24) is 5.32 Å². The van der Waals surface area contributed by atoms with Crippen LogP contribution >= 0.6 is 0 Å². The summed E-state index contributed by atoms with van der Waals surface area (Å²) in [4.78, 5) is 11.9. The van der Waals surface area contributed by atoms with Crippen LogP contribution in [0, 0.1) is 5.41 Å². The maximum atomic E-state index is 11.9. The summed E-state index contributed by atoms with van der Waals surface area (Å²) in [5, 5.41) is 3.30. The number of ketones is 1. The van der Waals surface area contributed by atoms with Crippen LogP contribution in [0.15, 0.2) is 12.2 Å². The lowest BCUT2D eigenvalue weighted by molar-refractivity contribution is -0.126. The van der Waals surface area contributed by atoms with Crippen molar-refractivity contribution in [3.05, 3.63) is 12.2 Å². The zero-order valence-electron chi connectivity index (χ0n) is 8.65. The lowest BCUT2D eigenvalue weighted by Crippen LogP contribution is -2.45. The second kappa shape index (κ2) is 4.05. The van der Waals surface area contributed by atoms with E-state index in [-0.39, 0.29) is 11.2 Å². The first-order valence-electron chi connectivity index (χ1n) is 5.03. The van der Waals surface area contributed by atoms with E-state index in [0.29, 0.717) is 5.57 Å². The van der Waals surface area contributed by atoms with Gasteiger partial charge in [-0.15, -0.1) is 0 Å². The van der Waals surface area contributed by atoms with E-state index < -0.39 is 0 Å². The van der Waals surface area contributed by atoms with Crippen molar-refractivity contribution in [1.29, 1.82) is 0 Å². The number of rotatable bonds is 3. The molecule has 0 aromatic heterocycles. The SMILES string of the molecule is C=C(C)C(=O)C1(CC)CCCNC1. The van der Waals surface area contributed by atoms with Gasteiger partial charge in [-0.3, -0.25) is 4.79 Å². The summed E-state index contributed by atoms with van der Waals surface area (Å²) in [7, 11) is 0. The second-order valence-electron chi connectivity index (χ2n) is 4.02. The minimum atomic E-state index is -0.149. The third kappa shape index (κ3) is 1.99. The molecule has 1 aliphatic rings. The van der Waals surface area contributed by atoms with E-state index in [1.807, 2.05) is 6.92 Å². The van der Waals surface area contributed by atoms with Gasteiger partial charge in [-0.1, -0.05) is 13.5 Å². The van der Waals surface area contributed by atoms with E-state index in [2.05, 4.69) is 18.8 Å². The van der Waals surface area contributed by atoms with Crippen LogP contribution in [0.2, 0.25) is 0 Å². The molecule has 0 aliphatic carbocycles. The number of carbonyl (C=O) groups is 1. The Morgan fingerprint density at radius 2 is 2.31 bits per heavy atom. The molecule has 0 radical (unpaired) electrons. The van der Waals surface area contributed by atoms with Crippen molar-refractivity contribution in [3.8, 4) is 0 Å². The van der Waals surface area contributed by atoms with Gasteiger partial charge in [0.25, 0.3) is 0 Å². The Labute approximate surface area is 80.4 Å². The molecule has 1 fully saturated rings. The maximum absolute atomic E-state index is 11.9. The minimum Gasteiger partial charge on any atom is -0.316 e. The van der Waals surface area contributed by atoms with Crippen LogP contribution in [-0.2, 0) is 4.79 Å². The summed E-state index contributed by atoms with van der Waals surface area (Å²) in [5.74, 6) is 0.252. The Bertz CT molecular complexity index is 214. The zero-order valence-corrected chi connectivity index (χ0v) is 8.65. The lowest BCUT2D eigenvalue weighted by Gasteiger charge is -2.35. The average molecular weight is 181 g/mol. The Kier molecular flexibility index (Phi) is 3.26. The molecule has 0 aromatic rings. The van der Waals surface area contributed by atoms with Gasteiger partial charge >= 0.3 is 0 Å². The quantitative estimate of drug-likeness (QED) is 0.674. The molecule has 1 saturated heterocycles. The molecule has 0 aromatic carbocycles. The lowest BCUT2D eigenvalue weighted by atomic mass is 9.73. The third-order valence-electron chi connectivity index (χ3n) is 3.02. The van der Waals surface area contributed by atoms with Crippen molar-refractivity contribution in [3.63, 3.8) is 0 Å². The van der Waals surface area contributed by atoms with E-state index in [0.717, 1.165) is 32.4 Å². The number of allylic oxidation sites excluding steroid dienone is 1. The largest absolute Gasteiger partial charge is 0.316 e. The van der Waals surface area contributed by atoms with Gasteiger partial charge in [-0.05, 0) is 38.3 Å². The van der Waals surface area contributed by atoms with Crippen molar-refractivity contribution < 1.29 is 4.79 Å². The molecule has 13 heavy (non-hydrogen) atoms. The van der Waals surface area contributed by atoms with Crippen LogP contribution in [0.1, 0.15) is 33.1 Å². The molecule has 0 amide bonds. The van der Waals surface area contributed by atoms with Crippen LogP contribution in [0.25, 0.3) is 0 Å². The monoisotopic (exact) mass is 181 g/mol. The number of carbonyl (C=O) groups excluding carboxylic acids is 1. The predicted octanol–water partition coefficient (Wildman–Crippen LogP) is 1.91. The first kappa shape index (κ1) is 10.5. The average Bonchev–Trinajstić information content (AvgIpc) is 2.17. The standard InChI is InChI=1S/C11H19NO/c1-4-11(10(13)9(2)3)6-5-7-12-8-11/h12H,2,4-8H2,1,3H3. The molecule has 1 unspecified atom stereocenters. The fraction of sp³-hybridized carbons (Fsp3) is 0.727. The predicted molar refractivity (Wildman–Crippen MR) is 54.6 cm³/mol. The molecule has 0 spiro atoms. The number of hydrogen-bond acceptors (Lipinski definition) is 2. The van der Waals surface area contributed by atoms with Crippen LogP contribution < -0.4 is 5.32 Å². The summed E-state index contributed by atoms with van der Waals surface area (Å²) in [6, 6.07) is 0. The van der Waals surface area contributed by atoms with Crippen LogP contribution in [-0.4, -0.2) is 18.9 Å². The van der Waals surface area contributed by atoms with Crippen molar-refractivity contribution in [2.75, 3.05) is 13.1 Å². The Morgan fingerprint density at radius 3 is 2.69 bits per heavy atom. The molecule has 2 nitrogen and oxygen atoms in total. The Hall–Kier alpha value is -0.630. The topological polar surface area (TPSA) is 29.1 Å². The third-order valence-corrected chi connectivity index (χ3v) is 3.02. The molecular weight excluding hydrogens is 162 g/mol. The van der Waals surface area contributed by atoms with E-state index in [9.17, 15) is 4.79 Å².